The monoisotopic (exact) mass is 654 g/mol. The average molecular weight is 655 g/mol. The molecule has 2 heterocycles. The molecule has 0 aliphatic heterocycles. The SMILES string of the molecule is CC(C)N=C=O.Cc1cc(Oc2cccc(C(F)(F)F)c2)n[nH]1.Cc1cc(Oc2cccc(C(F)(F)F)c2)nn1C(=O)NC(C)C. The first kappa shape index (κ1) is 37.1. The summed E-state index contributed by atoms with van der Waals surface area (Å²) in [6, 6.07) is 11.8. The maximum Gasteiger partial charge on any atom is 0.416 e. The lowest BCUT2D eigenvalue weighted by Gasteiger charge is -2.09. The molecule has 46 heavy (non-hydrogen) atoms. The van der Waals surface area contributed by atoms with Gasteiger partial charge in [0.15, 0.2) is 0 Å². The van der Waals surface area contributed by atoms with Gasteiger partial charge in [0.05, 0.1) is 22.9 Å². The lowest BCUT2D eigenvalue weighted by molar-refractivity contribution is -0.138. The molecule has 1 amide bonds. The van der Waals surface area contributed by atoms with Gasteiger partial charge in [-0.1, -0.05) is 12.1 Å². The first-order valence-corrected chi connectivity index (χ1v) is 13.6. The number of H-pyrrole nitrogens is 1. The zero-order chi connectivity index (χ0) is 34.7. The van der Waals surface area contributed by atoms with Crippen molar-refractivity contribution < 1.29 is 45.4 Å². The molecule has 0 aliphatic carbocycles. The number of hydrogen-bond acceptors (Lipinski definition) is 7. The van der Waals surface area contributed by atoms with Gasteiger partial charge in [-0.15, -0.1) is 10.2 Å². The molecule has 4 rings (SSSR count). The molecule has 2 aromatic heterocycles. The van der Waals surface area contributed by atoms with Gasteiger partial charge in [-0.05, 0) is 77.9 Å². The second-order valence-electron chi connectivity index (χ2n) is 10.1. The molecule has 248 valence electrons. The summed E-state index contributed by atoms with van der Waals surface area (Å²) in [6.07, 6.45) is -7.38. The van der Waals surface area contributed by atoms with Crippen molar-refractivity contribution >= 4 is 12.1 Å². The Balaban J connectivity index is 0.000000280. The van der Waals surface area contributed by atoms with Crippen molar-refractivity contribution in [1.82, 2.24) is 25.3 Å². The maximum atomic E-state index is 12.7. The molecule has 0 atom stereocenters. The van der Waals surface area contributed by atoms with Crippen molar-refractivity contribution in [3.05, 3.63) is 83.2 Å². The molecular formula is C30H32F6N6O4. The number of isocyanates is 1. The van der Waals surface area contributed by atoms with Gasteiger partial charge in [0, 0.05) is 23.9 Å². The fraction of sp³-hybridized carbons (Fsp3) is 0.333. The van der Waals surface area contributed by atoms with Crippen molar-refractivity contribution in [2.75, 3.05) is 0 Å². The van der Waals surface area contributed by atoms with Gasteiger partial charge in [-0.25, -0.2) is 14.6 Å². The standard InChI is InChI=1S/C15H16F3N3O2.C11H9F3N2O.C4H7NO/c1-9(2)19-14(22)21-10(3)7-13(20-21)23-12-6-4-5-11(8-12)15(16,17)18;1-7-5-10(16-15-7)17-9-4-2-3-8(6-9)11(12,13)14;1-4(2)5-3-6/h4-9H,1-3H3,(H,19,22);2-6H,1H3,(H,15,16);4H,1-2H3. The molecular weight excluding hydrogens is 622 g/mol. The van der Waals surface area contributed by atoms with Crippen molar-refractivity contribution in [3.8, 4) is 23.3 Å². The van der Waals surface area contributed by atoms with E-state index in [0.29, 0.717) is 5.69 Å². The Morgan fingerprint density at radius 1 is 0.870 bits per heavy atom. The van der Waals surface area contributed by atoms with Crippen LogP contribution in [0.15, 0.2) is 65.7 Å². The number of carbonyl (C=O) groups is 1. The van der Waals surface area contributed by atoms with Gasteiger partial charge in [0.2, 0.25) is 17.8 Å². The van der Waals surface area contributed by atoms with Crippen molar-refractivity contribution in [1.29, 1.82) is 0 Å². The maximum absolute atomic E-state index is 12.7. The molecule has 0 saturated carbocycles. The highest BCUT2D eigenvalue weighted by atomic mass is 19.4. The number of amides is 1. The molecule has 0 bridgehead atoms. The van der Waals surface area contributed by atoms with Crippen LogP contribution in [0.1, 0.15) is 50.2 Å². The zero-order valence-corrected chi connectivity index (χ0v) is 25.6. The van der Waals surface area contributed by atoms with Crippen molar-refractivity contribution in [3.63, 3.8) is 0 Å². The number of alkyl halides is 6. The number of halogens is 6. The third-order valence-corrected chi connectivity index (χ3v) is 5.23. The average Bonchev–Trinajstić information content (AvgIpc) is 3.52. The Kier molecular flexibility index (Phi) is 13.1. The Labute approximate surface area is 260 Å². The largest absolute Gasteiger partial charge is 0.438 e. The van der Waals surface area contributed by atoms with E-state index >= 15 is 0 Å². The van der Waals surface area contributed by atoms with E-state index in [1.54, 1.807) is 33.8 Å². The predicted octanol–water partition coefficient (Wildman–Crippen LogP) is 8.23. The highest BCUT2D eigenvalue weighted by Crippen LogP contribution is 2.33. The fourth-order valence-electron chi connectivity index (χ4n) is 3.27. The minimum atomic E-state index is -4.45. The summed E-state index contributed by atoms with van der Waals surface area (Å²) < 4.78 is 86.9. The van der Waals surface area contributed by atoms with E-state index in [1.165, 1.54) is 36.4 Å². The Morgan fingerprint density at radius 3 is 1.78 bits per heavy atom. The van der Waals surface area contributed by atoms with Crippen LogP contribution in [0.3, 0.4) is 0 Å². The summed E-state index contributed by atoms with van der Waals surface area (Å²) in [5.41, 5.74) is -0.289. The number of benzene rings is 2. The summed E-state index contributed by atoms with van der Waals surface area (Å²) in [5.74, 6) is 0.377. The minimum absolute atomic E-state index is 0.00579. The Hall–Kier alpha value is -5.11. The Morgan fingerprint density at radius 2 is 1.39 bits per heavy atom. The number of rotatable bonds is 6. The zero-order valence-electron chi connectivity index (χ0n) is 25.6. The number of aliphatic imine (C=N–C) groups is 1. The summed E-state index contributed by atoms with van der Waals surface area (Å²) in [7, 11) is 0. The van der Waals surface area contributed by atoms with Crippen LogP contribution in [0.4, 0.5) is 31.1 Å². The molecule has 0 unspecified atom stereocenters. The molecule has 0 saturated heterocycles. The van der Waals surface area contributed by atoms with E-state index in [1.807, 2.05) is 13.8 Å². The summed E-state index contributed by atoms with van der Waals surface area (Å²) in [5, 5.41) is 13.0. The number of aromatic nitrogens is 4. The lowest BCUT2D eigenvalue weighted by atomic mass is 10.2. The van der Waals surface area contributed by atoms with E-state index in [0.717, 1.165) is 34.6 Å². The number of aromatic amines is 1. The smallest absolute Gasteiger partial charge is 0.416 e. The molecule has 4 aromatic rings. The van der Waals surface area contributed by atoms with E-state index in [-0.39, 0.29) is 35.3 Å². The second kappa shape index (κ2) is 16.3. The normalized spacial score (nSPS) is 11.1. The first-order chi connectivity index (χ1) is 21.4. The van der Waals surface area contributed by atoms with Crippen LogP contribution in [0, 0.1) is 13.8 Å². The number of ether oxygens (including phenoxy) is 2. The quantitative estimate of drug-likeness (QED) is 0.123. The second-order valence-corrected chi connectivity index (χ2v) is 10.1. The number of aryl methyl sites for hydroxylation is 2. The number of hydrogen-bond donors (Lipinski definition) is 2. The minimum Gasteiger partial charge on any atom is -0.438 e. The van der Waals surface area contributed by atoms with Crippen LogP contribution in [0.25, 0.3) is 0 Å². The fourth-order valence-corrected chi connectivity index (χ4v) is 3.27. The van der Waals surface area contributed by atoms with Crippen molar-refractivity contribution in [2.24, 2.45) is 4.99 Å². The molecule has 0 spiro atoms. The van der Waals surface area contributed by atoms with Gasteiger partial charge < -0.3 is 14.8 Å². The molecule has 10 nitrogen and oxygen atoms in total. The predicted molar refractivity (Wildman–Crippen MR) is 156 cm³/mol. The molecule has 16 heteroatoms. The Bertz CT molecular complexity index is 1620. The summed E-state index contributed by atoms with van der Waals surface area (Å²) >= 11 is 0. The molecule has 2 aromatic carbocycles. The third-order valence-electron chi connectivity index (χ3n) is 5.23. The van der Waals surface area contributed by atoms with Crippen LogP contribution in [0.2, 0.25) is 0 Å². The van der Waals surface area contributed by atoms with Crippen LogP contribution in [-0.4, -0.2) is 44.2 Å². The van der Waals surface area contributed by atoms with Gasteiger partial charge in [-0.2, -0.15) is 31.0 Å². The van der Waals surface area contributed by atoms with Crippen LogP contribution >= 0.6 is 0 Å². The highest BCUT2D eigenvalue weighted by molar-refractivity contribution is 5.76. The highest BCUT2D eigenvalue weighted by Gasteiger charge is 2.31. The van der Waals surface area contributed by atoms with E-state index in [9.17, 15) is 35.9 Å². The van der Waals surface area contributed by atoms with Gasteiger partial charge in [-0.3, -0.25) is 5.10 Å². The van der Waals surface area contributed by atoms with Gasteiger partial charge >= 0.3 is 18.4 Å². The lowest BCUT2D eigenvalue weighted by Crippen LogP contribution is -2.35. The van der Waals surface area contributed by atoms with Gasteiger partial charge in [0.1, 0.15) is 11.5 Å². The van der Waals surface area contributed by atoms with E-state index < -0.39 is 29.5 Å². The van der Waals surface area contributed by atoms with Gasteiger partial charge in [0.25, 0.3) is 0 Å². The number of nitrogens with one attached hydrogen (secondary N) is 2. The number of nitrogens with zero attached hydrogens (tertiary/aromatic N) is 4. The van der Waals surface area contributed by atoms with Crippen LogP contribution in [-0.2, 0) is 17.1 Å². The topological polar surface area (TPSA) is 123 Å². The van der Waals surface area contributed by atoms with Crippen LogP contribution < -0.4 is 14.8 Å². The van der Waals surface area contributed by atoms with Crippen molar-refractivity contribution in [2.45, 2.75) is 66.0 Å². The first-order valence-electron chi connectivity index (χ1n) is 13.6. The van der Waals surface area contributed by atoms with E-state index in [2.05, 4.69) is 25.6 Å². The third kappa shape index (κ3) is 12.5. The summed E-state index contributed by atoms with van der Waals surface area (Å²) in [4.78, 5) is 24.6. The van der Waals surface area contributed by atoms with E-state index in [4.69, 9.17) is 9.47 Å². The summed E-state index contributed by atoms with van der Waals surface area (Å²) in [6.45, 7) is 10.7. The number of carbonyl (C=O) groups excluding carboxylic acids is 2. The van der Waals surface area contributed by atoms with Crippen LogP contribution in [0.5, 0.6) is 23.3 Å². The molecule has 0 fully saturated rings. The molecule has 2 N–H and O–H groups in total. The molecule has 0 radical (unpaired) electrons. The molecule has 0 aliphatic rings.